The van der Waals surface area contributed by atoms with Crippen molar-refractivity contribution in [1.82, 2.24) is 0 Å². The predicted molar refractivity (Wildman–Crippen MR) is 68.9 cm³/mol. The highest BCUT2D eigenvalue weighted by Gasteiger charge is 2.03. The largest absolute Gasteiger partial charge is 0.508 e. The van der Waals surface area contributed by atoms with Crippen LogP contribution in [0.2, 0.25) is 0 Å². The van der Waals surface area contributed by atoms with Crippen LogP contribution < -0.4 is 0 Å². The summed E-state index contributed by atoms with van der Waals surface area (Å²) in [5.74, 6) is 0.324. The Bertz CT molecular complexity index is 626. The van der Waals surface area contributed by atoms with Gasteiger partial charge in [-0.15, -0.1) is 11.3 Å². The van der Waals surface area contributed by atoms with E-state index in [9.17, 15) is 5.11 Å². The van der Waals surface area contributed by atoms with Crippen LogP contribution in [0.15, 0.2) is 54.6 Å². The molecule has 0 spiro atoms. The maximum absolute atomic E-state index is 9.41. The van der Waals surface area contributed by atoms with Gasteiger partial charge in [-0.25, -0.2) is 0 Å². The minimum Gasteiger partial charge on any atom is -0.508 e. The molecule has 0 bridgehead atoms. The molecule has 0 aliphatic rings. The number of hydrogen-bond donors (Lipinski definition) is 1. The second kappa shape index (κ2) is 3.65. The summed E-state index contributed by atoms with van der Waals surface area (Å²) < 4.78 is 1.21. The number of benzene rings is 2. The first-order valence-electron chi connectivity index (χ1n) is 5.11. The SMILES string of the molecule is Oc1ccc2sc(-c3ccccc3)cc2c1. The fourth-order valence-corrected chi connectivity index (χ4v) is 2.82. The molecule has 1 nitrogen and oxygen atoms in total. The highest BCUT2D eigenvalue weighted by Crippen LogP contribution is 2.34. The summed E-state index contributed by atoms with van der Waals surface area (Å²) in [5.41, 5.74) is 1.23. The first-order valence-corrected chi connectivity index (χ1v) is 5.92. The standard InChI is InChI=1S/C14H10OS/c15-12-6-7-13-11(8-12)9-14(16-13)10-4-2-1-3-5-10/h1-9,15H. The van der Waals surface area contributed by atoms with Crippen molar-refractivity contribution >= 4 is 21.4 Å². The Labute approximate surface area is 97.6 Å². The van der Waals surface area contributed by atoms with E-state index in [-0.39, 0.29) is 0 Å². The Balaban J connectivity index is 2.19. The van der Waals surface area contributed by atoms with Gasteiger partial charge in [0.2, 0.25) is 0 Å². The Morgan fingerprint density at radius 1 is 0.875 bits per heavy atom. The van der Waals surface area contributed by atoms with E-state index in [1.165, 1.54) is 15.1 Å². The summed E-state index contributed by atoms with van der Waals surface area (Å²) in [6, 6.07) is 17.9. The van der Waals surface area contributed by atoms with Crippen molar-refractivity contribution in [2.75, 3.05) is 0 Å². The number of hydrogen-bond acceptors (Lipinski definition) is 2. The molecule has 3 aromatic rings. The lowest BCUT2D eigenvalue weighted by atomic mass is 10.1. The van der Waals surface area contributed by atoms with Crippen molar-refractivity contribution in [1.29, 1.82) is 0 Å². The summed E-state index contributed by atoms with van der Waals surface area (Å²) in [6.07, 6.45) is 0. The van der Waals surface area contributed by atoms with E-state index in [4.69, 9.17) is 0 Å². The number of rotatable bonds is 1. The van der Waals surface area contributed by atoms with Gasteiger partial charge in [0, 0.05) is 9.58 Å². The van der Waals surface area contributed by atoms with E-state index in [2.05, 4.69) is 18.2 Å². The van der Waals surface area contributed by atoms with E-state index in [0.29, 0.717) is 5.75 Å². The van der Waals surface area contributed by atoms with Gasteiger partial charge >= 0.3 is 0 Å². The molecular formula is C14H10OS. The number of phenolic OH excluding ortho intramolecular Hbond substituents is 1. The van der Waals surface area contributed by atoms with Crippen LogP contribution in [0.1, 0.15) is 0 Å². The van der Waals surface area contributed by atoms with Crippen molar-refractivity contribution in [3.8, 4) is 16.2 Å². The van der Waals surface area contributed by atoms with E-state index in [1.54, 1.807) is 23.5 Å². The lowest BCUT2D eigenvalue weighted by molar-refractivity contribution is 0.476. The predicted octanol–water partition coefficient (Wildman–Crippen LogP) is 4.27. The average molecular weight is 226 g/mol. The minimum atomic E-state index is 0.324. The fraction of sp³-hybridized carbons (Fsp3) is 0. The molecule has 16 heavy (non-hydrogen) atoms. The molecule has 3 rings (SSSR count). The van der Waals surface area contributed by atoms with Crippen LogP contribution in [0.3, 0.4) is 0 Å². The van der Waals surface area contributed by atoms with Crippen LogP contribution >= 0.6 is 11.3 Å². The van der Waals surface area contributed by atoms with Gasteiger partial charge in [0.25, 0.3) is 0 Å². The van der Waals surface area contributed by atoms with Gasteiger partial charge in [0.05, 0.1) is 0 Å². The van der Waals surface area contributed by atoms with Gasteiger partial charge in [0.1, 0.15) is 5.75 Å². The third kappa shape index (κ3) is 1.57. The molecule has 0 amide bonds. The number of thiophene rings is 1. The normalized spacial score (nSPS) is 10.8. The van der Waals surface area contributed by atoms with Crippen molar-refractivity contribution in [2.45, 2.75) is 0 Å². The Morgan fingerprint density at radius 2 is 1.69 bits per heavy atom. The minimum absolute atomic E-state index is 0.324. The molecule has 1 heterocycles. The molecule has 0 radical (unpaired) electrons. The van der Waals surface area contributed by atoms with Gasteiger partial charge in [0.15, 0.2) is 0 Å². The second-order valence-electron chi connectivity index (χ2n) is 3.70. The highest BCUT2D eigenvalue weighted by atomic mass is 32.1. The van der Waals surface area contributed by atoms with Crippen LogP contribution in [0.25, 0.3) is 20.5 Å². The number of aromatic hydroxyl groups is 1. The van der Waals surface area contributed by atoms with E-state index in [0.717, 1.165) is 5.39 Å². The molecule has 78 valence electrons. The van der Waals surface area contributed by atoms with Crippen molar-refractivity contribution < 1.29 is 5.11 Å². The first-order chi connectivity index (χ1) is 7.83. The molecule has 1 aromatic heterocycles. The van der Waals surface area contributed by atoms with E-state index in [1.807, 2.05) is 24.3 Å². The third-order valence-electron chi connectivity index (χ3n) is 2.56. The van der Waals surface area contributed by atoms with Gasteiger partial charge in [-0.05, 0) is 35.2 Å². The van der Waals surface area contributed by atoms with Gasteiger partial charge in [-0.3, -0.25) is 0 Å². The quantitative estimate of drug-likeness (QED) is 0.656. The maximum atomic E-state index is 9.41. The summed E-state index contributed by atoms with van der Waals surface area (Å²) >= 11 is 1.75. The monoisotopic (exact) mass is 226 g/mol. The van der Waals surface area contributed by atoms with Crippen LogP contribution in [-0.4, -0.2) is 5.11 Å². The molecule has 0 saturated heterocycles. The van der Waals surface area contributed by atoms with Gasteiger partial charge < -0.3 is 5.11 Å². The fourth-order valence-electron chi connectivity index (χ4n) is 1.78. The zero-order valence-electron chi connectivity index (χ0n) is 8.55. The van der Waals surface area contributed by atoms with Gasteiger partial charge in [-0.1, -0.05) is 30.3 Å². The topological polar surface area (TPSA) is 20.2 Å². The third-order valence-corrected chi connectivity index (χ3v) is 3.72. The zero-order valence-corrected chi connectivity index (χ0v) is 9.37. The molecule has 2 aromatic carbocycles. The Hall–Kier alpha value is -1.80. The molecule has 0 unspecified atom stereocenters. The summed E-state index contributed by atoms with van der Waals surface area (Å²) in [7, 11) is 0. The van der Waals surface area contributed by atoms with E-state index < -0.39 is 0 Å². The van der Waals surface area contributed by atoms with Gasteiger partial charge in [-0.2, -0.15) is 0 Å². The lowest BCUT2D eigenvalue weighted by Gasteiger charge is -1.93. The lowest BCUT2D eigenvalue weighted by Crippen LogP contribution is -1.67. The maximum Gasteiger partial charge on any atom is 0.116 e. The molecule has 0 saturated carbocycles. The molecule has 0 fully saturated rings. The van der Waals surface area contributed by atoms with Crippen molar-refractivity contribution in [2.24, 2.45) is 0 Å². The van der Waals surface area contributed by atoms with Crippen LogP contribution in [0.4, 0.5) is 0 Å². The van der Waals surface area contributed by atoms with Crippen LogP contribution in [0, 0.1) is 0 Å². The van der Waals surface area contributed by atoms with Crippen molar-refractivity contribution in [3.05, 3.63) is 54.6 Å². The zero-order chi connectivity index (χ0) is 11.0. The molecule has 0 aliphatic carbocycles. The highest BCUT2D eigenvalue weighted by molar-refractivity contribution is 7.22. The second-order valence-corrected chi connectivity index (χ2v) is 4.78. The Kier molecular flexibility index (Phi) is 2.15. The average Bonchev–Trinajstić information content (AvgIpc) is 2.73. The molecule has 0 aliphatic heterocycles. The number of fused-ring (bicyclic) bond motifs is 1. The summed E-state index contributed by atoms with van der Waals surface area (Å²) in [4.78, 5) is 1.24. The molecule has 1 N–H and O–H groups in total. The summed E-state index contributed by atoms with van der Waals surface area (Å²) in [5, 5.41) is 10.5. The van der Waals surface area contributed by atoms with Crippen LogP contribution in [0.5, 0.6) is 5.75 Å². The van der Waals surface area contributed by atoms with E-state index >= 15 is 0 Å². The molecule has 0 atom stereocenters. The van der Waals surface area contributed by atoms with Crippen molar-refractivity contribution in [3.63, 3.8) is 0 Å². The van der Waals surface area contributed by atoms with Crippen LogP contribution in [-0.2, 0) is 0 Å². The summed E-state index contributed by atoms with van der Waals surface area (Å²) in [6.45, 7) is 0. The number of phenols is 1. The molecular weight excluding hydrogens is 216 g/mol. The smallest absolute Gasteiger partial charge is 0.116 e. The first kappa shape index (κ1) is 9.43. The molecule has 2 heteroatoms. The Morgan fingerprint density at radius 3 is 2.50 bits per heavy atom.